The lowest BCUT2D eigenvalue weighted by Gasteiger charge is -2.19. The van der Waals surface area contributed by atoms with Crippen LogP contribution in [-0.2, 0) is 6.54 Å². The molecule has 1 saturated heterocycles. The minimum Gasteiger partial charge on any atom is -0.372 e. The predicted molar refractivity (Wildman–Crippen MR) is 101 cm³/mol. The van der Waals surface area contributed by atoms with Gasteiger partial charge in [-0.2, -0.15) is 4.98 Å². The Balaban J connectivity index is 1.41. The average Bonchev–Trinajstić information content (AvgIpc) is 3.40. The topological polar surface area (TPSA) is 75.4 Å². The lowest BCUT2D eigenvalue weighted by Crippen LogP contribution is -2.26. The zero-order valence-corrected chi connectivity index (χ0v) is 15.2. The molecule has 2 aromatic heterocycles. The summed E-state index contributed by atoms with van der Waals surface area (Å²) in [6.45, 7) is 2.42. The van der Waals surface area contributed by atoms with E-state index in [9.17, 15) is 4.79 Å². The molecular weight excluding hydrogens is 342 g/mol. The quantitative estimate of drug-likeness (QED) is 0.694. The van der Waals surface area contributed by atoms with Gasteiger partial charge in [-0.25, -0.2) is 0 Å². The molecule has 4 rings (SSSR count). The SMILES string of the molecule is CN(Cc1nc(-c2cccnc2)no1)C(=O)c1ccc(N2CCCC2)cc1. The largest absolute Gasteiger partial charge is 0.372 e. The fourth-order valence-electron chi connectivity index (χ4n) is 3.22. The van der Waals surface area contributed by atoms with Crippen LogP contribution in [0.3, 0.4) is 0 Å². The predicted octanol–water partition coefficient (Wildman–Crippen LogP) is 3.00. The van der Waals surface area contributed by atoms with Crippen molar-refractivity contribution in [3.05, 3.63) is 60.2 Å². The van der Waals surface area contributed by atoms with Gasteiger partial charge in [0, 0.05) is 49.3 Å². The van der Waals surface area contributed by atoms with Gasteiger partial charge in [-0.15, -0.1) is 0 Å². The minimum absolute atomic E-state index is 0.0795. The van der Waals surface area contributed by atoms with Crippen molar-refractivity contribution >= 4 is 11.6 Å². The van der Waals surface area contributed by atoms with E-state index in [4.69, 9.17) is 4.52 Å². The van der Waals surface area contributed by atoms with E-state index in [2.05, 4.69) is 20.0 Å². The number of aromatic nitrogens is 3. The van der Waals surface area contributed by atoms with Gasteiger partial charge in [0.1, 0.15) is 0 Å². The van der Waals surface area contributed by atoms with E-state index >= 15 is 0 Å². The summed E-state index contributed by atoms with van der Waals surface area (Å²) in [5.74, 6) is 0.774. The van der Waals surface area contributed by atoms with E-state index in [1.165, 1.54) is 18.5 Å². The summed E-state index contributed by atoms with van der Waals surface area (Å²) < 4.78 is 5.27. The number of hydrogen-bond donors (Lipinski definition) is 0. The monoisotopic (exact) mass is 363 g/mol. The maximum Gasteiger partial charge on any atom is 0.254 e. The zero-order chi connectivity index (χ0) is 18.6. The number of benzene rings is 1. The molecule has 0 atom stereocenters. The van der Waals surface area contributed by atoms with E-state index in [0.29, 0.717) is 17.3 Å². The second kappa shape index (κ2) is 7.57. The minimum atomic E-state index is -0.0795. The van der Waals surface area contributed by atoms with Crippen LogP contribution >= 0.6 is 0 Å². The van der Waals surface area contributed by atoms with Crippen LogP contribution in [0.25, 0.3) is 11.4 Å². The van der Waals surface area contributed by atoms with Crippen LogP contribution in [0.1, 0.15) is 29.1 Å². The maximum atomic E-state index is 12.7. The van der Waals surface area contributed by atoms with Crippen LogP contribution in [0.4, 0.5) is 5.69 Å². The molecule has 3 heterocycles. The van der Waals surface area contributed by atoms with Crippen LogP contribution in [0, 0.1) is 0 Å². The molecule has 1 amide bonds. The number of amides is 1. The number of hydrogen-bond acceptors (Lipinski definition) is 6. The fraction of sp³-hybridized carbons (Fsp3) is 0.300. The highest BCUT2D eigenvalue weighted by molar-refractivity contribution is 5.94. The Morgan fingerprint density at radius 2 is 1.96 bits per heavy atom. The molecule has 1 aliphatic heterocycles. The molecule has 0 unspecified atom stereocenters. The van der Waals surface area contributed by atoms with Crippen LogP contribution < -0.4 is 4.90 Å². The molecule has 1 fully saturated rings. The number of rotatable bonds is 5. The molecule has 27 heavy (non-hydrogen) atoms. The highest BCUT2D eigenvalue weighted by Crippen LogP contribution is 2.21. The summed E-state index contributed by atoms with van der Waals surface area (Å²) in [5, 5.41) is 3.96. The highest BCUT2D eigenvalue weighted by atomic mass is 16.5. The van der Waals surface area contributed by atoms with Gasteiger partial charge in [0.05, 0.1) is 6.54 Å². The maximum absolute atomic E-state index is 12.7. The van der Waals surface area contributed by atoms with E-state index in [-0.39, 0.29) is 12.5 Å². The van der Waals surface area contributed by atoms with Crippen molar-refractivity contribution in [3.8, 4) is 11.4 Å². The van der Waals surface area contributed by atoms with Gasteiger partial charge in [0.2, 0.25) is 11.7 Å². The first kappa shape index (κ1) is 17.2. The molecule has 7 nitrogen and oxygen atoms in total. The molecule has 0 radical (unpaired) electrons. The van der Waals surface area contributed by atoms with Crippen molar-refractivity contribution in [1.82, 2.24) is 20.0 Å². The van der Waals surface area contributed by atoms with Gasteiger partial charge < -0.3 is 14.3 Å². The Kier molecular flexibility index (Phi) is 4.82. The fourth-order valence-corrected chi connectivity index (χ4v) is 3.22. The molecule has 0 aliphatic carbocycles. The third kappa shape index (κ3) is 3.81. The van der Waals surface area contributed by atoms with Gasteiger partial charge >= 0.3 is 0 Å². The molecular formula is C20H21N5O2. The number of carbonyl (C=O) groups excluding carboxylic acids is 1. The number of anilines is 1. The Morgan fingerprint density at radius 1 is 1.19 bits per heavy atom. The normalized spacial score (nSPS) is 13.7. The van der Waals surface area contributed by atoms with E-state index in [1.807, 2.05) is 36.4 Å². The lowest BCUT2D eigenvalue weighted by molar-refractivity contribution is 0.0769. The van der Waals surface area contributed by atoms with Crippen molar-refractivity contribution in [3.63, 3.8) is 0 Å². The van der Waals surface area contributed by atoms with Gasteiger partial charge in [0.15, 0.2) is 0 Å². The Bertz CT molecular complexity index is 902. The van der Waals surface area contributed by atoms with Crippen molar-refractivity contribution < 1.29 is 9.32 Å². The standard InChI is InChI=1S/C20H21N5O2/c1-24(14-18-22-19(23-27-18)16-5-4-10-21-13-16)20(26)15-6-8-17(9-7-15)25-11-2-3-12-25/h4-10,13H,2-3,11-12,14H2,1H3. The second-order valence-corrected chi connectivity index (χ2v) is 6.66. The van der Waals surface area contributed by atoms with E-state index < -0.39 is 0 Å². The zero-order valence-electron chi connectivity index (χ0n) is 15.2. The molecule has 0 bridgehead atoms. The van der Waals surface area contributed by atoms with E-state index in [1.54, 1.807) is 24.3 Å². The van der Waals surface area contributed by atoms with Gasteiger partial charge in [-0.1, -0.05) is 5.16 Å². The molecule has 0 spiro atoms. The third-order valence-electron chi connectivity index (χ3n) is 4.69. The Labute approximate surface area is 157 Å². The summed E-state index contributed by atoms with van der Waals surface area (Å²) in [6, 6.07) is 11.5. The van der Waals surface area contributed by atoms with Crippen LogP contribution in [0.5, 0.6) is 0 Å². The van der Waals surface area contributed by atoms with Gasteiger partial charge in [0.25, 0.3) is 5.91 Å². The summed E-state index contributed by atoms with van der Waals surface area (Å²) in [4.78, 5) is 25.0. The van der Waals surface area contributed by atoms with Gasteiger partial charge in [-0.05, 0) is 49.2 Å². The van der Waals surface area contributed by atoms with Crippen molar-refractivity contribution in [1.29, 1.82) is 0 Å². The number of nitrogens with zero attached hydrogens (tertiary/aromatic N) is 5. The first-order valence-electron chi connectivity index (χ1n) is 9.04. The lowest BCUT2D eigenvalue weighted by atomic mass is 10.1. The van der Waals surface area contributed by atoms with Crippen molar-refractivity contribution in [2.45, 2.75) is 19.4 Å². The Hall–Kier alpha value is -3.22. The second-order valence-electron chi connectivity index (χ2n) is 6.66. The van der Waals surface area contributed by atoms with Crippen molar-refractivity contribution in [2.24, 2.45) is 0 Å². The number of carbonyl (C=O) groups is 1. The molecule has 7 heteroatoms. The first-order valence-corrected chi connectivity index (χ1v) is 9.04. The van der Waals surface area contributed by atoms with Crippen molar-refractivity contribution in [2.75, 3.05) is 25.0 Å². The molecule has 0 N–H and O–H groups in total. The van der Waals surface area contributed by atoms with Gasteiger partial charge in [-0.3, -0.25) is 9.78 Å². The summed E-state index contributed by atoms with van der Waals surface area (Å²) >= 11 is 0. The van der Waals surface area contributed by atoms with Crippen LogP contribution in [-0.4, -0.2) is 46.1 Å². The molecule has 138 valence electrons. The highest BCUT2D eigenvalue weighted by Gasteiger charge is 2.17. The Morgan fingerprint density at radius 3 is 2.67 bits per heavy atom. The summed E-state index contributed by atoms with van der Waals surface area (Å²) in [6.07, 6.45) is 5.82. The summed E-state index contributed by atoms with van der Waals surface area (Å²) in [5.41, 5.74) is 2.59. The molecule has 1 aromatic carbocycles. The number of pyridine rings is 1. The summed E-state index contributed by atoms with van der Waals surface area (Å²) in [7, 11) is 1.73. The average molecular weight is 363 g/mol. The first-order chi connectivity index (χ1) is 13.2. The molecule has 3 aromatic rings. The third-order valence-corrected chi connectivity index (χ3v) is 4.69. The smallest absolute Gasteiger partial charge is 0.254 e. The molecule has 0 saturated carbocycles. The van der Waals surface area contributed by atoms with E-state index in [0.717, 1.165) is 18.7 Å². The van der Waals surface area contributed by atoms with Crippen LogP contribution in [0.15, 0.2) is 53.3 Å². The van der Waals surface area contributed by atoms with Crippen LogP contribution in [0.2, 0.25) is 0 Å². The molecule has 1 aliphatic rings.